The molecule has 1 fully saturated rings. The number of carbonyl (C=O) groups excluding carboxylic acids is 1. The Hall–Kier alpha value is -1.46. The van der Waals surface area contributed by atoms with Gasteiger partial charge in [-0.1, -0.05) is 6.92 Å². The summed E-state index contributed by atoms with van der Waals surface area (Å²) in [5, 5.41) is 6.53. The van der Waals surface area contributed by atoms with Gasteiger partial charge in [-0.3, -0.25) is 4.99 Å². The zero-order chi connectivity index (χ0) is 15.2. The number of rotatable bonds is 4. The monoisotopic (exact) mass is 284 g/mol. The number of carbonyl (C=O) groups is 1. The van der Waals surface area contributed by atoms with Gasteiger partial charge in [-0.2, -0.15) is 0 Å². The molecule has 1 heterocycles. The molecular weight excluding hydrogens is 256 g/mol. The molecule has 0 spiro atoms. The summed E-state index contributed by atoms with van der Waals surface area (Å²) in [5.41, 5.74) is -0.437. The van der Waals surface area contributed by atoms with Gasteiger partial charge in [-0.05, 0) is 34.1 Å². The Morgan fingerprint density at radius 2 is 2.00 bits per heavy atom. The summed E-state index contributed by atoms with van der Waals surface area (Å²) >= 11 is 0. The molecule has 0 aliphatic carbocycles. The van der Waals surface area contributed by atoms with Gasteiger partial charge in [0.1, 0.15) is 5.60 Å². The summed E-state index contributed by atoms with van der Waals surface area (Å²) < 4.78 is 5.32. The van der Waals surface area contributed by atoms with Gasteiger partial charge < -0.3 is 20.3 Å². The maximum absolute atomic E-state index is 11.8. The third-order valence-electron chi connectivity index (χ3n) is 2.71. The van der Waals surface area contributed by atoms with Crippen LogP contribution >= 0.6 is 0 Å². The summed E-state index contributed by atoms with van der Waals surface area (Å²) in [6.07, 6.45) is 0.775. The first kappa shape index (κ1) is 16.6. The molecule has 0 unspecified atom stereocenters. The van der Waals surface area contributed by atoms with E-state index >= 15 is 0 Å². The highest BCUT2D eigenvalue weighted by atomic mass is 16.6. The fraction of sp³-hybridized carbons (Fsp3) is 0.857. The van der Waals surface area contributed by atoms with Crippen molar-refractivity contribution in [2.45, 2.75) is 52.7 Å². The molecule has 0 aromatic rings. The molecule has 116 valence electrons. The highest BCUT2D eigenvalue weighted by Gasteiger charge is 2.34. The lowest BCUT2D eigenvalue weighted by atomic mass is 10.1. The molecule has 20 heavy (non-hydrogen) atoms. The van der Waals surface area contributed by atoms with Gasteiger partial charge in [-0.25, -0.2) is 4.79 Å². The van der Waals surface area contributed by atoms with Crippen LogP contribution in [0, 0.1) is 0 Å². The number of guanidine groups is 1. The lowest BCUT2D eigenvalue weighted by Gasteiger charge is -2.40. The van der Waals surface area contributed by atoms with Crippen LogP contribution < -0.4 is 10.6 Å². The maximum atomic E-state index is 11.8. The zero-order valence-electron chi connectivity index (χ0n) is 13.3. The van der Waals surface area contributed by atoms with E-state index < -0.39 is 5.60 Å². The Morgan fingerprint density at radius 3 is 2.50 bits per heavy atom. The molecule has 1 amide bonds. The maximum Gasteiger partial charge on any atom is 0.410 e. The molecule has 1 rings (SSSR count). The van der Waals surface area contributed by atoms with Crippen molar-refractivity contribution >= 4 is 12.1 Å². The highest BCUT2D eigenvalue weighted by Crippen LogP contribution is 2.15. The normalized spacial score (nSPS) is 16.6. The third-order valence-corrected chi connectivity index (χ3v) is 2.71. The number of hydrogen-bond acceptors (Lipinski definition) is 3. The molecule has 0 saturated carbocycles. The first-order chi connectivity index (χ1) is 9.35. The molecule has 1 aliphatic heterocycles. The Morgan fingerprint density at radius 1 is 1.35 bits per heavy atom. The lowest BCUT2D eigenvalue weighted by Crippen LogP contribution is -2.63. The minimum atomic E-state index is -0.437. The van der Waals surface area contributed by atoms with Crippen molar-refractivity contribution in [3.8, 4) is 0 Å². The zero-order valence-corrected chi connectivity index (χ0v) is 13.3. The number of likely N-dealkylation sites (tertiary alicyclic amines) is 1. The Labute approximate surface area is 122 Å². The molecule has 0 radical (unpaired) electrons. The third kappa shape index (κ3) is 5.67. The number of nitrogens with zero attached hydrogens (tertiary/aromatic N) is 2. The van der Waals surface area contributed by atoms with Crippen LogP contribution in [0.15, 0.2) is 4.99 Å². The fourth-order valence-electron chi connectivity index (χ4n) is 1.78. The predicted molar refractivity (Wildman–Crippen MR) is 81.0 cm³/mol. The van der Waals surface area contributed by atoms with Crippen LogP contribution in [0.2, 0.25) is 0 Å². The minimum Gasteiger partial charge on any atom is -0.444 e. The van der Waals surface area contributed by atoms with Crippen molar-refractivity contribution in [2.75, 3.05) is 26.2 Å². The summed E-state index contributed by atoms with van der Waals surface area (Å²) in [6.45, 7) is 12.7. The van der Waals surface area contributed by atoms with Crippen LogP contribution in [0.5, 0.6) is 0 Å². The van der Waals surface area contributed by atoms with Crippen LogP contribution in [0.4, 0.5) is 4.79 Å². The van der Waals surface area contributed by atoms with E-state index in [1.165, 1.54) is 0 Å². The van der Waals surface area contributed by atoms with Crippen LogP contribution in [-0.2, 0) is 4.74 Å². The lowest BCUT2D eigenvalue weighted by molar-refractivity contribution is 0.00701. The molecule has 1 aliphatic rings. The van der Waals surface area contributed by atoms with Crippen molar-refractivity contribution < 1.29 is 9.53 Å². The van der Waals surface area contributed by atoms with E-state index in [9.17, 15) is 4.79 Å². The molecule has 0 aromatic heterocycles. The molecule has 6 nitrogen and oxygen atoms in total. The Bertz CT molecular complexity index is 344. The van der Waals surface area contributed by atoms with E-state index in [2.05, 4.69) is 22.5 Å². The van der Waals surface area contributed by atoms with Crippen molar-refractivity contribution in [3.05, 3.63) is 0 Å². The van der Waals surface area contributed by atoms with E-state index in [4.69, 9.17) is 4.74 Å². The molecule has 6 heteroatoms. The number of ether oxygens (including phenoxy) is 1. The molecular formula is C14H28N4O2. The van der Waals surface area contributed by atoms with Gasteiger partial charge in [0.2, 0.25) is 0 Å². The quantitative estimate of drug-likeness (QED) is 0.607. The number of aliphatic imine (C=N–C) groups is 1. The van der Waals surface area contributed by atoms with Crippen molar-refractivity contribution in [2.24, 2.45) is 4.99 Å². The molecule has 2 N–H and O–H groups in total. The van der Waals surface area contributed by atoms with Crippen molar-refractivity contribution in [1.82, 2.24) is 15.5 Å². The average Bonchev–Trinajstić information content (AvgIpc) is 2.27. The Kier molecular flexibility index (Phi) is 6.10. The number of hydrogen-bond donors (Lipinski definition) is 2. The second-order valence-electron chi connectivity index (χ2n) is 5.99. The average molecular weight is 284 g/mol. The van der Waals surface area contributed by atoms with Crippen LogP contribution in [0.1, 0.15) is 41.0 Å². The van der Waals surface area contributed by atoms with Crippen LogP contribution in [0.3, 0.4) is 0 Å². The SMILES string of the molecule is CCCN=C(NCC)NC1CN(C(=O)OC(C)(C)C)C1. The first-order valence-electron chi connectivity index (χ1n) is 7.38. The summed E-state index contributed by atoms with van der Waals surface area (Å²) in [7, 11) is 0. The first-order valence-corrected chi connectivity index (χ1v) is 7.38. The Balaban J connectivity index is 2.34. The summed E-state index contributed by atoms with van der Waals surface area (Å²) in [6, 6.07) is 0.247. The number of nitrogens with one attached hydrogen (secondary N) is 2. The van der Waals surface area contributed by atoms with E-state index in [0.717, 1.165) is 25.5 Å². The van der Waals surface area contributed by atoms with E-state index in [1.807, 2.05) is 27.7 Å². The summed E-state index contributed by atoms with van der Waals surface area (Å²) in [5.74, 6) is 0.822. The van der Waals surface area contributed by atoms with Gasteiger partial charge in [0.25, 0.3) is 0 Å². The van der Waals surface area contributed by atoms with E-state index in [0.29, 0.717) is 13.1 Å². The highest BCUT2D eigenvalue weighted by molar-refractivity contribution is 5.80. The largest absolute Gasteiger partial charge is 0.444 e. The minimum absolute atomic E-state index is 0.244. The molecule has 0 bridgehead atoms. The van der Waals surface area contributed by atoms with Crippen molar-refractivity contribution in [1.29, 1.82) is 0 Å². The van der Waals surface area contributed by atoms with Gasteiger partial charge in [0.15, 0.2) is 5.96 Å². The predicted octanol–water partition coefficient (Wildman–Crippen LogP) is 1.57. The van der Waals surface area contributed by atoms with Crippen molar-refractivity contribution in [3.63, 3.8) is 0 Å². The van der Waals surface area contributed by atoms with Gasteiger partial charge >= 0.3 is 6.09 Å². The molecule has 0 atom stereocenters. The second kappa shape index (κ2) is 7.36. The van der Waals surface area contributed by atoms with E-state index in [1.54, 1.807) is 4.90 Å². The van der Waals surface area contributed by atoms with Gasteiger partial charge in [0.05, 0.1) is 6.04 Å². The van der Waals surface area contributed by atoms with Crippen LogP contribution in [-0.4, -0.2) is 54.8 Å². The van der Waals surface area contributed by atoms with E-state index in [-0.39, 0.29) is 12.1 Å². The summed E-state index contributed by atoms with van der Waals surface area (Å²) in [4.78, 5) is 17.9. The fourth-order valence-corrected chi connectivity index (χ4v) is 1.78. The second-order valence-corrected chi connectivity index (χ2v) is 5.99. The topological polar surface area (TPSA) is 66.0 Å². The van der Waals surface area contributed by atoms with Gasteiger partial charge in [-0.15, -0.1) is 0 Å². The standard InChI is InChI=1S/C14H28N4O2/c1-6-8-16-12(15-7-2)17-11-9-18(10-11)13(19)20-14(3,4)5/h11H,6-10H2,1-5H3,(H2,15,16,17). The van der Waals surface area contributed by atoms with Gasteiger partial charge in [0, 0.05) is 26.2 Å². The molecule has 1 saturated heterocycles. The smallest absolute Gasteiger partial charge is 0.410 e. The number of amides is 1. The molecule has 0 aromatic carbocycles. The van der Waals surface area contributed by atoms with Crippen LogP contribution in [0.25, 0.3) is 0 Å².